The number of aryl methyl sites for hydroxylation is 2. The van der Waals surface area contributed by atoms with E-state index in [1.54, 1.807) is 0 Å². The highest BCUT2D eigenvalue weighted by molar-refractivity contribution is 7.98. The minimum Gasteiger partial charge on any atom is -0.384 e. The van der Waals surface area contributed by atoms with Crippen molar-refractivity contribution in [3.63, 3.8) is 0 Å². The van der Waals surface area contributed by atoms with E-state index in [4.69, 9.17) is 0 Å². The van der Waals surface area contributed by atoms with Crippen molar-refractivity contribution >= 4 is 17.4 Å². The summed E-state index contributed by atoms with van der Waals surface area (Å²) in [6.45, 7) is 5.33. The van der Waals surface area contributed by atoms with E-state index in [1.165, 1.54) is 16.8 Å². The summed E-state index contributed by atoms with van der Waals surface area (Å²) >= 11 is 1.87. The Morgan fingerprint density at radius 2 is 2.00 bits per heavy atom. The lowest BCUT2D eigenvalue weighted by Crippen LogP contribution is -2.03. The minimum atomic E-state index is 1.05. The van der Waals surface area contributed by atoms with E-state index in [-0.39, 0.29) is 0 Å². The maximum absolute atomic E-state index is 3.39. The van der Waals surface area contributed by atoms with E-state index in [0.29, 0.717) is 0 Å². The van der Waals surface area contributed by atoms with Crippen LogP contribution in [-0.4, -0.2) is 18.6 Å². The molecule has 1 N–H and O–H groups in total. The van der Waals surface area contributed by atoms with Gasteiger partial charge >= 0.3 is 0 Å². The van der Waals surface area contributed by atoms with Gasteiger partial charge in [0.1, 0.15) is 0 Å². The lowest BCUT2D eigenvalue weighted by Gasteiger charge is -2.07. The number of nitrogens with one attached hydrogen (secondary N) is 1. The Balaban J connectivity index is 2.53. The molecule has 0 aliphatic carbocycles. The van der Waals surface area contributed by atoms with Crippen molar-refractivity contribution < 1.29 is 0 Å². The molecule has 0 unspecified atom stereocenters. The average molecular weight is 195 g/mol. The van der Waals surface area contributed by atoms with Crippen LogP contribution in [0.1, 0.15) is 11.1 Å². The molecule has 0 spiro atoms. The van der Waals surface area contributed by atoms with Gasteiger partial charge in [-0.05, 0) is 43.4 Å². The molecule has 0 aromatic heterocycles. The Hall–Kier alpha value is -0.630. The highest BCUT2D eigenvalue weighted by Gasteiger charge is 1.94. The van der Waals surface area contributed by atoms with Gasteiger partial charge in [0.2, 0.25) is 0 Å². The highest BCUT2D eigenvalue weighted by Crippen LogP contribution is 2.13. The van der Waals surface area contributed by atoms with E-state index in [2.05, 4.69) is 43.6 Å². The van der Waals surface area contributed by atoms with Crippen molar-refractivity contribution in [2.75, 3.05) is 23.9 Å². The number of rotatable bonds is 4. The Morgan fingerprint density at radius 3 is 2.62 bits per heavy atom. The Labute approximate surface area is 84.9 Å². The first-order valence-corrected chi connectivity index (χ1v) is 5.93. The average Bonchev–Trinajstić information content (AvgIpc) is 2.12. The summed E-state index contributed by atoms with van der Waals surface area (Å²) in [6.07, 6.45) is 2.13. The van der Waals surface area contributed by atoms with Crippen LogP contribution in [0, 0.1) is 13.8 Å². The molecular formula is C11H17NS. The SMILES string of the molecule is CSCCNc1ccc(C)c(C)c1. The monoisotopic (exact) mass is 195 g/mol. The summed E-state index contributed by atoms with van der Waals surface area (Å²) in [5, 5.41) is 3.39. The first kappa shape index (κ1) is 10.5. The minimum absolute atomic E-state index is 1.05. The van der Waals surface area contributed by atoms with E-state index in [1.807, 2.05) is 11.8 Å². The van der Waals surface area contributed by atoms with Crippen LogP contribution in [0.15, 0.2) is 18.2 Å². The van der Waals surface area contributed by atoms with E-state index < -0.39 is 0 Å². The summed E-state index contributed by atoms with van der Waals surface area (Å²) < 4.78 is 0. The van der Waals surface area contributed by atoms with Crippen LogP contribution in [0.3, 0.4) is 0 Å². The lowest BCUT2D eigenvalue weighted by molar-refractivity contribution is 1.22. The molecule has 1 aromatic carbocycles. The van der Waals surface area contributed by atoms with E-state index in [0.717, 1.165) is 12.3 Å². The van der Waals surface area contributed by atoms with Crippen molar-refractivity contribution in [1.82, 2.24) is 0 Å². The van der Waals surface area contributed by atoms with E-state index >= 15 is 0 Å². The number of anilines is 1. The molecular weight excluding hydrogens is 178 g/mol. The van der Waals surface area contributed by atoms with Crippen LogP contribution in [0.5, 0.6) is 0 Å². The van der Waals surface area contributed by atoms with Crippen LogP contribution in [-0.2, 0) is 0 Å². The second-order valence-corrected chi connectivity index (χ2v) is 4.20. The smallest absolute Gasteiger partial charge is 0.0343 e. The van der Waals surface area contributed by atoms with Gasteiger partial charge in [-0.2, -0.15) is 11.8 Å². The van der Waals surface area contributed by atoms with Gasteiger partial charge in [-0.1, -0.05) is 6.07 Å². The van der Waals surface area contributed by atoms with Gasteiger partial charge in [0.05, 0.1) is 0 Å². The normalized spacial score (nSPS) is 10.1. The van der Waals surface area contributed by atoms with Gasteiger partial charge < -0.3 is 5.32 Å². The number of hydrogen-bond donors (Lipinski definition) is 1. The van der Waals surface area contributed by atoms with Crippen LogP contribution in [0.4, 0.5) is 5.69 Å². The molecule has 0 bridgehead atoms. The summed E-state index contributed by atoms with van der Waals surface area (Å²) in [6, 6.07) is 6.51. The Kier molecular flexibility index (Phi) is 4.16. The standard InChI is InChI=1S/C11H17NS/c1-9-4-5-11(8-10(9)2)12-6-7-13-3/h4-5,8,12H,6-7H2,1-3H3. The molecule has 0 radical (unpaired) electrons. The summed E-state index contributed by atoms with van der Waals surface area (Å²) in [5.74, 6) is 1.16. The fourth-order valence-electron chi connectivity index (χ4n) is 1.15. The van der Waals surface area contributed by atoms with E-state index in [9.17, 15) is 0 Å². The Morgan fingerprint density at radius 1 is 1.23 bits per heavy atom. The molecule has 72 valence electrons. The molecule has 0 aliphatic heterocycles. The zero-order chi connectivity index (χ0) is 9.68. The number of hydrogen-bond acceptors (Lipinski definition) is 2. The van der Waals surface area contributed by atoms with Crippen molar-refractivity contribution in [1.29, 1.82) is 0 Å². The summed E-state index contributed by atoms with van der Waals surface area (Å²) in [4.78, 5) is 0. The molecule has 0 atom stereocenters. The first-order chi connectivity index (χ1) is 6.24. The quantitative estimate of drug-likeness (QED) is 0.741. The van der Waals surface area contributed by atoms with Gasteiger partial charge in [0, 0.05) is 18.0 Å². The third-order valence-corrected chi connectivity index (χ3v) is 2.75. The van der Waals surface area contributed by atoms with Gasteiger partial charge in [-0.15, -0.1) is 0 Å². The fourth-order valence-corrected chi connectivity index (χ4v) is 1.45. The molecule has 0 heterocycles. The molecule has 1 rings (SSSR count). The fraction of sp³-hybridized carbons (Fsp3) is 0.455. The van der Waals surface area contributed by atoms with Crippen molar-refractivity contribution in [3.8, 4) is 0 Å². The second kappa shape index (κ2) is 5.18. The second-order valence-electron chi connectivity index (χ2n) is 3.22. The Bertz CT molecular complexity index is 271. The summed E-state index contributed by atoms with van der Waals surface area (Å²) in [5.41, 5.74) is 3.95. The molecule has 0 saturated heterocycles. The largest absolute Gasteiger partial charge is 0.384 e. The summed E-state index contributed by atoms with van der Waals surface area (Å²) in [7, 11) is 0. The first-order valence-electron chi connectivity index (χ1n) is 4.54. The number of thioether (sulfide) groups is 1. The lowest BCUT2D eigenvalue weighted by atomic mass is 10.1. The van der Waals surface area contributed by atoms with Crippen LogP contribution in [0.2, 0.25) is 0 Å². The third kappa shape index (κ3) is 3.31. The molecule has 13 heavy (non-hydrogen) atoms. The molecule has 2 heteroatoms. The molecule has 1 aromatic rings. The predicted octanol–water partition coefficient (Wildman–Crippen LogP) is 3.08. The molecule has 0 aliphatic rings. The van der Waals surface area contributed by atoms with Crippen LogP contribution in [0.25, 0.3) is 0 Å². The topological polar surface area (TPSA) is 12.0 Å². The molecule has 0 fully saturated rings. The van der Waals surface area contributed by atoms with Gasteiger partial charge in [-0.3, -0.25) is 0 Å². The van der Waals surface area contributed by atoms with Gasteiger partial charge in [0.25, 0.3) is 0 Å². The highest BCUT2D eigenvalue weighted by atomic mass is 32.2. The van der Waals surface area contributed by atoms with Crippen LogP contribution >= 0.6 is 11.8 Å². The predicted molar refractivity (Wildman–Crippen MR) is 62.8 cm³/mol. The molecule has 0 saturated carbocycles. The maximum atomic E-state index is 3.39. The zero-order valence-electron chi connectivity index (χ0n) is 8.55. The third-order valence-electron chi connectivity index (χ3n) is 2.14. The maximum Gasteiger partial charge on any atom is 0.0343 e. The van der Waals surface area contributed by atoms with Crippen molar-refractivity contribution in [2.45, 2.75) is 13.8 Å². The van der Waals surface area contributed by atoms with Crippen LogP contribution < -0.4 is 5.32 Å². The van der Waals surface area contributed by atoms with Gasteiger partial charge in [0.15, 0.2) is 0 Å². The molecule has 1 nitrogen and oxygen atoms in total. The van der Waals surface area contributed by atoms with Gasteiger partial charge in [-0.25, -0.2) is 0 Å². The number of benzene rings is 1. The zero-order valence-corrected chi connectivity index (χ0v) is 9.37. The van der Waals surface area contributed by atoms with Crippen molar-refractivity contribution in [3.05, 3.63) is 29.3 Å². The molecule has 0 amide bonds. The van der Waals surface area contributed by atoms with Crippen molar-refractivity contribution in [2.24, 2.45) is 0 Å².